The van der Waals surface area contributed by atoms with Crippen molar-refractivity contribution in [3.8, 4) is 0 Å². The van der Waals surface area contributed by atoms with Crippen LogP contribution in [0.3, 0.4) is 0 Å². The van der Waals surface area contributed by atoms with Gasteiger partial charge in [0, 0.05) is 30.5 Å². The van der Waals surface area contributed by atoms with Crippen LogP contribution < -0.4 is 5.32 Å². The van der Waals surface area contributed by atoms with Crippen LogP contribution in [0, 0.1) is 6.92 Å². The Morgan fingerprint density at radius 1 is 1.28 bits per heavy atom. The van der Waals surface area contributed by atoms with Gasteiger partial charge in [-0.25, -0.2) is 9.97 Å². The van der Waals surface area contributed by atoms with Crippen LogP contribution >= 0.6 is 0 Å². The van der Waals surface area contributed by atoms with E-state index in [2.05, 4.69) is 30.2 Å². The van der Waals surface area contributed by atoms with Crippen molar-refractivity contribution in [1.82, 2.24) is 15.3 Å². The highest BCUT2D eigenvalue weighted by atomic mass is 16.5. The van der Waals surface area contributed by atoms with Gasteiger partial charge in [0.15, 0.2) is 0 Å². The fourth-order valence-electron chi connectivity index (χ4n) is 2.19. The normalized spacial score (nSPS) is 18.0. The number of aryl methyl sites for hydroxylation is 1. The Balaban J connectivity index is 2.31. The van der Waals surface area contributed by atoms with Crippen LogP contribution in [0.15, 0.2) is 6.07 Å². The summed E-state index contributed by atoms with van der Waals surface area (Å²) >= 11 is 0. The maximum atomic E-state index is 5.41. The smallest absolute Gasteiger partial charge is 0.148 e. The number of hydrogen-bond donors (Lipinski definition) is 1. The largest absolute Gasteiger partial charge is 0.381 e. The van der Waals surface area contributed by atoms with Gasteiger partial charge in [-0.15, -0.1) is 0 Å². The average molecular weight is 249 g/mol. The molecule has 4 heteroatoms. The Bertz CT molecular complexity index is 412. The predicted octanol–water partition coefficient (Wildman–Crippen LogP) is 2.13. The van der Waals surface area contributed by atoms with Gasteiger partial charge in [-0.3, -0.25) is 0 Å². The fourth-order valence-corrected chi connectivity index (χ4v) is 2.19. The molecule has 0 aromatic carbocycles. The summed E-state index contributed by atoms with van der Waals surface area (Å²) in [5.41, 5.74) is 2.03. The summed E-state index contributed by atoms with van der Waals surface area (Å²) in [5.74, 6) is 1.40. The van der Waals surface area contributed by atoms with Gasteiger partial charge in [-0.05, 0) is 46.7 Å². The molecule has 0 spiro atoms. The minimum Gasteiger partial charge on any atom is -0.381 e. The molecular weight excluding hydrogens is 226 g/mol. The maximum Gasteiger partial charge on any atom is 0.148 e. The van der Waals surface area contributed by atoms with Crippen molar-refractivity contribution >= 4 is 0 Å². The third-order valence-electron chi connectivity index (χ3n) is 3.70. The minimum atomic E-state index is -0.189. The number of hydrogen-bond acceptors (Lipinski definition) is 4. The number of nitrogens with one attached hydrogen (secondary N) is 1. The highest BCUT2D eigenvalue weighted by molar-refractivity contribution is 5.18. The van der Waals surface area contributed by atoms with E-state index in [1.165, 1.54) is 5.69 Å². The molecule has 18 heavy (non-hydrogen) atoms. The lowest BCUT2D eigenvalue weighted by atomic mass is 9.95. The average Bonchev–Trinajstić information content (AvgIpc) is 2.39. The summed E-state index contributed by atoms with van der Waals surface area (Å²) in [6.07, 6.45) is 2.13. The lowest BCUT2D eigenvalue weighted by Gasteiger charge is -2.26. The van der Waals surface area contributed by atoms with Gasteiger partial charge in [-0.1, -0.05) is 0 Å². The summed E-state index contributed by atoms with van der Waals surface area (Å²) in [6, 6.07) is 2.12. The van der Waals surface area contributed by atoms with Crippen LogP contribution in [-0.2, 0) is 10.3 Å². The first-order valence-electron chi connectivity index (χ1n) is 6.65. The Morgan fingerprint density at radius 3 is 2.56 bits per heavy atom. The molecule has 2 rings (SSSR count). The topological polar surface area (TPSA) is 47.0 Å². The second kappa shape index (κ2) is 5.33. The molecule has 0 amide bonds. The Labute approximate surface area is 109 Å². The molecule has 2 heterocycles. The van der Waals surface area contributed by atoms with Crippen LogP contribution in [0.5, 0.6) is 0 Å². The first-order valence-corrected chi connectivity index (χ1v) is 6.65. The standard InChI is InChI=1S/C14H23N3O/c1-10-9-12(11-5-7-18-8-6-11)17-13(16-10)14(2,3)15-4/h9,11,15H,5-8H2,1-4H3. The first-order chi connectivity index (χ1) is 8.53. The molecule has 100 valence electrons. The van der Waals surface area contributed by atoms with E-state index >= 15 is 0 Å². The summed E-state index contributed by atoms with van der Waals surface area (Å²) in [7, 11) is 1.94. The molecule has 1 aromatic heterocycles. The highest BCUT2D eigenvalue weighted by Gasteiger charge is 2.24. The van der Waals surface area contributed by atoms with Crippen molar-refractivity contribution in [2.45, 2.75) is 45.1 Å². The van der Waals surface area contributed by atoms with Crippen LogP contribution in [0.2, 0.25) is 0 Å². The summed E-state index contributed by atoms with van der Waals surface area (Å²) in [5, 5.41) is 3.27. The lowest BCUT2D eigenvalue weighted by molar-refractivity contribution is 0.0843. The zero-order valence-corrected chi connectivity index (χ0v) is 11.8. The molecule has 1 N–H and O–H groups in total. The monoisotopic (exact) mass is 249 g/mol. The second-order valence-electron chi connectivity index (χ2n) is 5.52. The zero-order valence-electron chi connectivity index (χ0n) is 11.8. The van der Waals surface area contributed by atoms with Crippen molar-refractivity contribution in [2.75, 3.05) is 20.3 Å². The van der Waals surface area contributed by atoms with Gasteiger partial charge in [0.2, 0.25) is 0 Å². The van der Waals surface area contributed by atoms with Crippen LogP contribution in [0.25, 0.3) is 0 Å². The van der Waals surface area contributed by atoms with E-state index < -0.39 is 0 Å². The quantitative estimate of drug-likeness (QED) is 0.891. The zero-order chi connectivity index (χ0) is 13.2. The summed E-state index contributed by atoms with van der Waals surface area (Å²) < 4.78 is 5.41. The van der Waals surface area contributed by atoms with Crippen molar-refractivity contribution in [2.24, 2.45) is 0 Å². The van der Waals surface area contributed by atoms with Gasteiger partial charge >= 0.3 is 0 Å². The number of nitrogens with zero attached hydrogens (tertiary/aromatic N) is 2. The molecule has 0 atom stereocenters. The van der Waals surface area contributed by atoms with Gasteiger partial charge in [-0.2, -0.15) is 0 Å². The Hall–Kier alpha value is -1.00. The summed E-state index contributed by atoms with van der Waals surface area (Å²) in [4.78, 5) is 9.34. The molecule has 0 saturated carbocycles. The molecule has 1 aromatic rings. The van der Waals surface area contributed by atoms with Gasteiger partial charge in [0.25, 0.3) is 0 Å². The SMILES string of the molecule is CNC(C)(C)c1nc(C)cc(C2CCOCC2)n1. The van der Waals surface area contributed by atoms with Gasteiger partial charge in [0.1, 0.15) is 5.82 Å². The molecule has 0 radical (unpaired) electrons. The maximum absolute atomic E-state index is 5.41. The third kappa shape index (κ3) is 2.87. The molecule has 4 nitrogen and oxygen atoms in total. The van der Waals surface area contributed by atoms with E-state index in [0.29, 0.717) is 5.92 Å². The second-order valence-corrected chi connectivity index (χ2v) is 5.52. The van der Waals surface area contributed by atoms with Crippen molar-refractivity contribution in [3.05, 3.63) is 23.3 Å². The molecule has 1 fully saturated rings. The van der Waals surface area contributed by atoms with E-state index in [-0.39, 0.29) is 5.54 Å². The highest BCUT2D eigenvalue weighted by Crippen LogP contribution is 2.27. The van der Waals surface area contributed by atoms with Crippen molar-refractivity contribution in [1.29, 1.82) is 0 Å². The predicted molar refractivity (Wildman–Crippen MR) is 71.6 cm³/mol. The first kappa shape index (κ1) is 13.4. The number of ether oxygens (including phenoxy) is 1. The fraction of sp³-hybridized carbons (Fsp3) is 0.714. The van der Waals surface area contributed by atoms with E-state index in [1.807, 2.05) is 14.0 Å². The molecule has 1 aliphatic rings. The Morgan fingerprint density at radius 2 is 1.94 bits per heavy atom. The molecule has 0 aliphatic carbocycles. The third-order valence-corrected chi connectivity index (χ3v) is 3.70. The van der Waals surface area contributed by atoms with Gasteiger partial charge in [0.05, 0.1) is 5.54 Å². The molecule has 1 aliphatic heterocycles. The molecule has 0 bridgehead atoms. The van der Waals surface area contributed by atoms with E-state index in [9.17, 15) is 0 Å². The minimum absolute atomic E-state index is 0.189. The van der Waals surface area contributed by atoms with Crippen LogP contribution in [0.4, 0.5) is 0 Å². The molecule has 1 saturated heterocycles. The summed E-state index contributed by atoms with van der Waals surface area (Å²) in [6.45, 7) is 7.95. The van der Waals surface area contributed by atoms with Crippen molar-refractivity contribution < 1.29 is 4.74 Å². The molecular formula is C14H23N3O. The van der Waals surface area contributed by atoms with Crippen LogP contribution in [0.1, 0.15) is 49.8 Å². The van der Waals surface area contributed by atoms with E-state index in [0.717, 1.165) is 37.6 Å². The number of aromatic nitrogens is 2. The molecule has 0 unspecified atom stereocenters. The lowest BCUT2D eigenvalue weighted by Crippen LogP contribution is -2.36. The van der Waals surface area contributed by atoms with E-state index in [4.69, 9.17) is 9.72 Å². The van der Waals surface area contributed by atoms with Crippen molar-refractivity contribution in [3.63, 3.8) is 0 Å². The van der Waals surface area contributed by atoms with E-state index in [1.54, 1.807) is 0 Å². The van der Waals surface area contributed by atoms with Gasteiger partial charge < -0.3 is 10.1 Å². The Kier molecular flexibility index (Phi) is 3.97. The number of rotatable bonds is 3. The van der Waals surface area contributed by atoms with Crippen LogP contribution in [-0.4, -0.2) is 30.2 Å².